The summed E-state index contributed by atoms with van der Waals surface area (Å²) in [6, 6.07) is 6.15. The van der Waals surface area contributed by atoms with Gasteiger partial charge in [0, 0.05) is 17.8 Å². The van der Waals surface area contributed by atoms with E-state index in [0.717, 1.165) is 6.42 Å². The zero-order valence-electron chi connectivity index (χ0n) is 10.5. The second kappa shape index (κ2) is 4.25. The molecule has 0 unspecified atom stereocenters. The van der Waals surface area contributed by atoms with Crippen LogP contribution in [-0.4, -0.2) is 4.98 Å². The smallest absolute Gasteiger partial charge is 0.0412 e. The number of pyridine rings is 1. The second-order valence-corrected chi connectivity index (χ2v) is 4.69. The molecule has 16 heavy (non-hydrogen) atoms. The first-order valence-electron chi connectivity index (χ1n) is 5.86. The van der Waals surface area contributed by atoms with Crippen LogP contribution in [0.5, 0.6) is 0 Å². The van der Waals surface area contributed by atoms with E-state index in [9.17, 15) is 0 Å². The quantitative estimate of drug-likeness (QED) is 0.725. The Hall–Kier alpha value is -1.37. The first-order valence-corrected chi connectivity index (χ1v) is 5.86. The minimum absolute atomic E-state index is 0.565. The molecule has 1 nitrogen and oxygen atoms in total. The maximum Gasteiger partial charge on any atom is 0.0412 e. The molecule has 1 aliphatic rings. The van der Waals surface area contributed by atoms with Gasteiger partial charge in [-0.15, -0.1) is 0 Å². The van der Waals surface area contributed by atoms with Gasteiger partial charge in [-0.2, -0.15) is 0 Å². The predicted molar refractivity (Wildman–Crippen MR) is 68.2 cm³/mol. The largest absolute Gasteiger partial charge is 0.261 e. The highest BCUT2D eigenvalue weighted by atomic mass is 14.7. The number of allylic oxidation sites excluding steroid dienone is 4. The van der Waals surface area contributed by atoms with E-state index in [2.05, 4.69) is 44.8 Å². The molecule has 0 spiro atoms. The van der Waals surface area contributed by atoms with Crippen molar-refractivity contribution in [2.24, 2.45) is 5.92 Å². The van der Waals surface area contributed by atoms with Gasteiger partial charge in [-0.05, 0) is 57.4 Å². The Morgan fingerprint density at radius 3 is 2.12 bits per heavy atom. The van der Waals surface area contributed by atoms with Crippen LogP contribution < -0.4 is 0 Å². The van der Waals surface area contributed by atoms with Gasteiger partial charge in [0.2, 0.25) is 0 Å². The van der Waals surface area contributed by atoms with Gasteiger partial charge < -0.3 is 0 Å². The zero-order chi connectivity index (χ0) is 11.7. The Morgan fingerprint density at radius 1 is 1.00 bits per heavy atom. The number of rotatable bonds is 2. The van der Waals surface area contributed by atoms with Gasteiger partial charge >= 0.3 is 0 Å². The molecule has 2 rings (SSSR count). The normalized spacial score (nSPS) is 17.5. The van der Waals surface area contributed by atoms with Crippen LogP contribution >= 0.6 is 0 Å². The van der Waals surface area contributed by atoms with Crippen LogP contribution in [0.2, 0.25) is 0 Å². The highest BCUT2D eigenvalue weighted by Gasteiger charge is 2.24. The Kier molecular flexibility index (Phi) is 2.95. The lowest BCUT2D eigenvalue weighted by molar-refractivity contribution is 0.702. The van der Waals surface area contributed by atoms with Crippen molar-refractivity contribution in [3.8, 4) is 0 Å². The molecule has 0 bridgehead atoms. The Balaban J connectivity index is 2.25. The average molecular weight is 213 g/mol. The number of nitrogens with zero attached hydrogens (tertiary/aromatic N) is 1. The van der Waals surface area contributed by atoms with Crippen molar-refractivity contribution in [3.05, 3.63) is 52.4 Å². The molecule has 0 aromatic carbocycles. The summed E-state index contributed by atoms with van der Waals surface area (Å²) >= 11 is 0. The minimum Gasteiger partial charge on any atom is -0.261 e. The third-order valence-electron chi connectivity index (χ3n) is 3.93. The highest BCUT2D eigenvalue weighted by Crippen LogP contribution is 2.38. The molecule has 1 heteroatoms. The van der Waals surface area contributed by atoms with E-state index in [0.29, 0.717) is 5.92 Å². The van der Waals surface area contributed by atoms with Crippen molar-refractivity contribution in [1.29, 1.82) is 0 Å². The first-order chi connectivity index (χ1) is 7.61. The summed E-state index contributed by atoms with van der Waals surface area (Å²) in [7, 11) is 0. The summed E-state index contributed by atoms with van der Waals surface area (Å²) < 4.78 is 0. The van der Waals surface area contributed by atoms with E-state index < -0.39 is 0 Å². The van der Waals surface area contributed by atoms with Crippen LogP contribution in [0.1, 0.15) is 33.4 Å². The number of hydrogen-bond donors (Lipinski definition) is 0. The van der Waals surface area contributed by atoms with Crippen molar-refractivity contribution in [2.75, 3.05) is 0 Å². The Labute approximate surface area is 97.9 Å². The summed E-state index contributed by atoms with van der Waals surface area (Å²) in [6.45, 7) is 8.96. The zero-order valence-corrected chi connectivity index (χ0v) is 10.5. The van der Waals surface area contributed by atoms with Crippen LogP contribution in [0, 0.1) is 5.92 Å². The van der Waals surface area contributed by atoms with Gasteiger partial charge in [0.1, 0.15) is 0 Å². The lowest BCUT2D eigenvalue weighted by atomic mass is 9.92. The van der Waals surface area contributed by atoms with E-state index in [1.807, 2.05) is 12.3 Å². The van der Waals surface area contributed by atoms with Crippen molar-refractivity contribution in [2.45, 2.75) is 34.1 Å². The average Bonchev–Trinajstić information content (AvgIpc) is 2.48. The fraction of sp³-hybridized carbons (Fsp3) is 0.400. The van der Waals surface area contributed by atoms with Crippen LogP contribution in [-0.2, 0) is 6.42 Å². The fourth-order valence-corrected chi connectivity index (χ4v) is 2.47. The topological polar surface area (TPSA) is 12.9 Å². The lowest BCUT2D eigenvalue weighted by Gasteiger charge is -2.14. The van der Waals surface area contributed by atoms with E-state index in [1.165, 1.54) is 28.0 Å². The molecule has 0 radical (unpaired) electrons. The standard InChI is InChI=1S/C15H19N/c1-10-11(2)13(4)15(12(10)3)9-14-7-5-6-8-16-14/h5-8,15H,9H2,1-4H3. The molecule has 0 N–H and O–H groups in total. The van der Waals surface area contributed by atoms with Crippen LogP contribution in [0.4, 0.5) is 0 Å². The maximum atomic E-state index is 4.42. The van der Waals surface area contributed by atoms with Gasteiger partial charge in [-0.3, -0.25) is 4.98 Å². The summed E-state index contributed by atoms with van der Waals surface area (Å²) in [6.07, 6.45) is 2.91. The monoisotopic (exact) mass is 213 g/mol. The predicted octanol–water partition coefficient (Wildman–Crippen LogP) is 3.93. The number of hydrogen-bond acceptors (Lipinski definition) is 1. The van der Waals surface area contributed by atoms with Crippen molar-refractivity contribution in [3.63, 3.8) is 0 Å². The van der Waals surface area contributed by atoms with E-state index in [-0.39, 0.29) is 0 Å². The maximum absolute atomic E-state index is 4.42. The van der Waals surface area contributed by atoms with Gasteiger partial charge in [0.05, 0.1) is 0 Å². The minimum atomic E-state index is 0.565. The summed E-state index contributed by atoms with van der Waals surface area (Å²) in [5.74, 6) is 0.565. The molecular weight excluding hydrogens is 194 g/mol. The summed E-state index contributed by atoms with van der Waals surface area (Å²) in [4.78, 5) is 4.42. The van der Waals surface area contributed by atoms with Gasteiger partial charge in [-0.1, -0.05) is 17.2 Å². The highest BCUT2D eigenvalue weighted by molar-refractivity contribution is 5.46. The van der Waals surface area contributed by atoms with E-state index in [4.69, 9.17) is 0 Å². The van der Waals surface area contributed by atoms with Crippen LogP contribution in [0.3, 0.4) is 0 Å². The molecule has 0 amide bonds. The van der Waals surface area contributed by atoms with Crippen molar-refractivity contribution < 1.29 is 0 Å². The molecule has 0 aliphatic heterocycles. The van der Waals surface area contributed by atoms with E-state index >= 15 is 0 Å². The lowest BCUT2D eigenvalue weighted by Crippen LogP contribution is -2.06. The molecule has 1 heterocycles. The third-order valence-corrected chi connectivity index (χ3v) is 3.93. The third kappa shape index (κ3) is 1.82. The second-order valence-electron chi connectivity index (χ2n) is 4.69. The van der Waals surface area contributed by atoms with Gasteiger partial charge in [-0.25, -0.2) is 0 Å². The van der Waals surface area contributed by atoms with Crippen LogP contribution in [0.25, 0.3) is 0 Å². The molecular formula is C15H19N. The molecule has 0 atom stereocenters. The molecule has 84 valence electrons. The first kappa shape index (κ1) is 11.1. The van der Waals surface area contributed by atoms with E-state index in [1.54, 1.807) is 0 Å². The van der Waals surface area contributed by atoms with Crippen molar-refractivity contribution >= 4 is 0 Å². The molecule has 0 fully saturated rings. The van der Waals surface area contributed by atoms with Gasteiger partial charge in [0.25, 0.3) is 0 Å². The summed E-state index contributed by atoms with van der Waals surface area (Å²) in [5, 5.41) is 0. The molecule has 1 aromatic rings. The molecule has 0 saturated carbocycles. The molecule has 1 aromatic heterocycles. The fourth-order valence-electron chi connectivity index (χ4n) is 2.47. The Bertz CT molecular complexity index is 428. The summed E-state index contributed by atoms with van der Waals surface area (Å²) in [5.41, 5.74) is 7.16. The van der Waals surface area contributed by atoms with Gasteiger partial charge in [0.15, 0.2) is 0 Å². The number of aromatic nitrogens is 1. The van der Waals surface area contributed by atoms with Crippen LogP contribution in [0.15, 0.2) is 46.7 Å². The molecule has 0 saturated heterocycles. The molecule has 1 aliphatic carbocycles. The Morgan fingerprint density at radius 2 is 1.62 bits per heavy atom. The SMILES string of the molecule is CC1=C(C)C(Cc2ccccn2)C(C)=C1C. The van der Waals surface area contributed by atoms with Crippen molar-refractivity contribution in [1.82, 2.24) is 4.98 Å².